The number of nitrogens with one attached hydrogen (secondary N) is 1. The van der Waals surface area contributed by atoms with Crippen molar-refractivity contribution in [2.75, 3.05) is 13.1 Å². The highest BCUT2D eigenvalue weighted by Crippen LogP contribution is 2.36. The molecule has 1 fully saturated rings. The number of hydrogen-bond acceptors (Lipinski definition) is 3. The Hall–Kier alpha value is -1.79. The van der Waals surface area contributed by atoms with E-state index in [0.717, 1.165) is 25.0 Å². The van der Waals surface area contributed by atoms with E-state index in [0.29, 0.717) is 6.54 Å². The number of likely N-dealkylation sites (tertiary alicyclic amines) is 1. The maximum atomic E-state index is 12.3. The summed E-state index contributed by atoms with van der Waals surface area (Å²) in [4.78, 5) is 25.9. The smallest absolute Gasteiger partial charge is 0.240 e. The van der Waals surface area contributed by atoms with Crippen molar-refractivity contribution in [1.29, 1.82) is 0 Å². The van der Waals surface area contributed by atoms with Gasteiger partial charge in [0.25, 0.3) is 0 Å². The van der Waals surface area contributed by atoms with Gasteiger partial charge in [-0.15, -0.1) is 11.8 Å². The molecule has 1 aliphatic rings. The molecule has 1 aliphatic heterocycles. The van der Waals surface area contributed by atoms with Gasteiger partial charge in [0.1, 0.15) is 16.7 Å². The molecule has 160 valence electrons. The van der Waals surface area contributed by atoms with Crippen LogP contribution in [-0.2, 0) is 21.8 Å². The highest BCUT2D eigenvalue weighted by Gasteiger charge is 2.46. The predicted molar refractivity (Wildman–Crippen MR) is 128 cm³/mol. The molecule has 6 heteroatoms. The average molecular weight is 489 g/mol. The van der Waals surface area contributed by atoms with Crippen LogP contribution in [0.1, 0.15) is 36.8 Å². The summed E-state index contributed by atoms with van der Waals surface area (Å²) in [6, 6.07) is 20.7. The van der Waals surface area contributed by atoms with Gasteiger partial charge in [-0.1, -0.05) is 89.4 Å². The van der Waals surface area contributed by atoms with Gasteiger partial charge in [0.15, 0.2) is 0 Å². The van der Waals surface area contributed by atoms with E-state index in [-0.39, 0.29) is 28.6 Å². The van der Waals surface area contributed by atoms with Crippen LogP contribution in [-0.4, -0.2) is 40.0 Å². The number of benzene rings is 2. The first kappa shape index (κ1) is 22.9. The fourth-order valence-corrected chi connectivity index (χ4v) is 5.68. The van der Waals surface area contributed by atoms with Crippen LogP contribution in [0.25, 0.3) is 0 Å². The minimum Gasteiger partial charge on any atom is -0.355 e. The monoisotopic (exact) mass is 488 g/mol. The second-order valence-corrected chi connectivity index (χ2v) is 9.65. The van der Waals surface area contributed by atoms with E-state index in [1.807, 2.05) is 24.3 Å². The van der Waals surface area contributed by atoms with Crippen molar-refractivity contribution in [1.82, 2.24) is 10.2 Å². The molecule has 1 saturated heterocycles. The SMILES string of the molecule is O=C(CN1C(=O)C(Br)C1SCc1ccccc1)NCCCCCCc1ccccc1. The van der Waals surface area contributed by atoms with Gasteiger partial charge in [-0.05, 0) is 30.4 Å². The van der Waals surface area contributed by atoms with Crippen molar-refractivity contribution >= 4 is 39.5 Å². The number of aryl methyl sites for hydroxylation is 1. The molecule has 0 radical (unpaired) electrons. The van der Waals surface area contributed by atoms with Crippen LogP contribution in [0.5, 0.6) is 0 Å². The number of thioether (sulfide) groups is 1. The summed E-state index contributed by atoms with van der Waals surface area (Å²) in [6.07, 6.45) is 5.53. The Labute approximate surface area is 191 Å². The average Bonchev–Trinajstić information content (AvgIpc) is 2.79. The highest BCUT2D eigenvalue weighted by atomic mass is 79.9. The second-order valence-electron chi connectivity index (χ2n) is 7.55. The molecule has 2 aromatic carbocycles. The van der Waals surface area contributed by atoms with Gasteiger partial charge in [0, 0.05) is 12.3 Å². The van der Waals surface area contributed by atoms with E-state index < -0.39 is 0 Å². The zero-order valence-corrected chi connectivity index (χ0v) is 19.5. The molecule has 0 saturated carbocycles. The van der Waals surface area contributed by atoms with Crippen LogP contribution >= 0.6 is 27.7 Å². The molecule has 0 aromatic heterocycles. The largest absolute Gasteiger partial charge is 0.355 e. The minimum absolute atomic E-state index is 0.00134. The summed E-state index contributed by atoms with van der Waals surface area (Å²) >= 11 is 5.15. The van der Waals surface area contributed by atoms with Crippen molar-refractivity contribution in [2.45, 2.75) is 48.1 Å². The number of amides is 2. The fraction of sp³-hybridized carbons (Fsp3) is 0.417. The number of unbranched alkanes of at least 4 members (excludes halogenated alkanes) is 3. The van der Waals surface area contributed by atoms with Crippen LogP contribution < -0.4 is 5.32 Å². The summed E-state index contributed by atoms with van der Waals surface area (Å²) in [6.45, 7) is 0.813. The molecule has 3 rings (SSSR count). The molecule has 30 heavy (non-hydrogen) atoms. The first-order chi connectivity index (χ1) is 14.6. The van der Waals surface area contributed by atoms with E-state index in [2.05, 4.69) is 57.6 Å². The van der Waals surface area contributed by atoms with Crippen molar-refractivity contribution < 1.29 is 9.59 Å². The number of β-lactam (4-membered cyclic amide) rings is 1. The Kier molecular flexibility index (Phi) is 9.27. The summed E-state index contributed by atoms with van der Waals surface area (Å²) in [5.74, 6) is 0.746. The predicted octanol–water partition coefficient (Wildman–Crippen LogP) is 4.77. The highest BCUT2D eigenvalue weighted by molar-refractivity contribution is 9.10. The third kappa shape index (κ3) is 6.88. The number of hydrogen-bond donors (Lipinski definition) is 1. The molecule has 2 atom stereocenters. The third-order valence-electron chi connectivity index (χ3n) is 5.21. The molecule has 1 heterocycles. The zero-order chi connectivity index (χ0) is 21.2. The molecule has 0 aliphatic carbocycles. The Balaban J connectivity index is 1.28. The van der Waals surface area contributed by atoms with Gasteiger partial charge >= 0.3 is 0 Å². The van der Waals surface area contributed by atoms with Crippen molar-refractivity contribution in [2.24, 2.45) is 0 Å². The lowest BCUT2D eigenvalue weighted by Crippen LogP contribution is -2.62. The molecule has 0 spiro atoms. The Morgan fingerprint density at radius 3 is 2.27 bits per heavy atom. The molecular formula is C24H29BrN2O2S. The Morgan fingerprint density at radius 2 is 1.57 bits per heavy atom. The first-order valence-corrected chi connectivity index (χ1v) is 12.5. The van der Waals surface area contributed by atoms with Crippen molar-refractivity contribution in [3.8, 4) is 0 Å². The number of halogens is 1. The van der Waals surface area contributed by atoms with Crippen LogP contribution in [0.3, 0.4) is 0 Å². The van der Waals surface area contributed by atoms with Crippen LogP contribution in [0.15, 0.2) is 60.7 Å². The standard InChI is InChI=1S/C24H29BrN2O2S/c25-22-23(29)27(24(22)30-18-20-14-8-4-9-15-20)17-21(28)26-16-10-2-1-5-11-19-12-6-3-7-13-19/h3-4,6-9,12-15,22,24H,1-2,5,10-11,16-18H2,(H,26,28). The Bertz CT molecular complexity index is 803. The zero-order valence-electron chi connectivity index (χ0n) is 17.1. The molecule has 4 nitrogen and oxygen atoms in total. The molecule has 2 unspecified atom stereocenters. The van der Waals surface area contributed by atoms with E-state index in [1.54, 1.807) is 16.7 Å². The van der Waals surface area contributed by atoms with E-state index >= 15 is 0 Å². The lowest BCUT2D eigenvalue weighted by atomic mass is 10.1. The maximum Gasteiger partial charge on any atom is 0.240 e. The lowest BCUT2D eigenvalue weighted by molar-refractivity contribution is -0.144. The van der Waals surface area contributed by atoms with Crippen molar-refractivity contribution in [3.05, 3.63) is 71.8 Å². The van der Waals surface area contributed by atoms with Gasteiger partial charge < -0.3 is 10.2 Å². The van der Waals surface area contributed by atoms with Crippen LogP contribution in [0, 0.1) is 0 Å². The quantitative estimate of drug-likeness (QED) is 0.266. The maximum absolute atomic E-state index is 12.3. The molecule has 2 aromatic rings. The van der Waals surface area contributed by atoms with Gasteiger partial charge in [-0.2, -0.15) is 0 Å². The van der Waals surface area contributed by atoms with Crippen molar-refractivity contribution in [3.63, 3.8) is 0 Å². The molecule has 0 bridgehead atoms. The van der Waals surface area contributed by atoms with E-state index in [4.69, 9.17) is 0 Å². The lowest BCUT2D eigenvalue weighted by Gasteiger charge is -2.43. The number of carbonyl (C=O) groups is 2. The fourth-order valence-electron chi connectivity index (χ4n) is 3.47. The normalized spacial score (nSPS) is 18.2. The van der Waals surface area contributed by atoms with Crippen LogP contribution in [0.4, 0.5) is 0 Å². The first-order valence-electron chi connectivity index (χ1n) is 10.6. The number of rotatable bonds is 12. The van der Waals surface area contributed by atoms with Gasteiger partial charge in [0.05, 0.1) is 0 Å². The Morgan fingerprint density at radius 1 is 0.933 bits per heavy atom. The van der Waals surface area contributed by atoms with E-state index in [9.17, 15) is 9.59 Å². The molecule has 2 amide bonds. The van der Waals surface area contributed by atoms with E-state index in [1.165, 1.54) is 24.0 Å². The minimum atomic E-state index is -0.205. The molecule has 1 N–H and O–H groups in total. The summed E-state index contributed by atoms with van der Waals surface area (Å²) < 4.78 is 0. The molecular weight excluding hydrogens is 460 g/mol. The third-order valence-corrected chi connectivity index (χ3v) is 7.82. The number of carbonyl (C=O) groups excluding carboxylic acids is 2. The van der Waals surface area contributed by atoms with Gasteiger partial charge in [0.2, 0.25) is 11.8 Å². The second kappa shape index (κ2) is 12.2. The summed E-state index contributed by atoms with van der Waals surface area (Å²) in [5.41, 5.74) is 2.60. The number of nitrogens with zero attached hydrogens (tertiary/aromatic N) is 1. The number of alkyl halides is 1. The van der Waals surface area contributed by atoms with Gasteiger partial charge in [-0.3, -0.25) is 9.59 Å². The topological polar surface area (TPSA) is 49.4 Å². The van der Waals surface area contributed by atoms with Crippen LogP contribution in [0.2, 0.25) is 0 Å². The summed E-state index contributed by atoms with van der Waals surface area (Å²) in [5, 5.41) is 2.96. The van der Waals surface area contributed by atoms with Gasteiger partial charge in [-0.25, -0.2) is 0 Å². The summed E-state index contributed by atoms with van der Waals surface area (Å²) in [7, 11) is 0.